The summed E-state index contributed by atoms with van der Waals surface area (Å²) in [6.07, 6.45) is 11.2. The van der Waals surface area contributed by atoms with Crippen molar-refractivity contribution >= 4 is 0 Å². The monoisotopic (exact) mass is 158 g/mol. The van der Waals surface area contributed by atoms with E-state index >= 15 is 0 Å². The van der Waals surface area contributed by atoms with E-state index in [1.54, 1.807) is 0 Å². The second-order valence-electron chi connectivity index (χ2n) is 3.76. The van der Waals surface area contributed by atoms with Gasteiger partial charge in [0.1, 0.15) is 0 Å². The molecule has 0 aliphatic heterocycles. The molecule has 0 heterocycles. The highest BCUT2D eigenvalue weighted by molar-refractivity contribution is 5.38. The van der Waals surface area contributed by atoms with Crippen LogP contribution < -0.4 is 0 Å². The molecule has 0 spiro atoms. The van der Waals surface area contributed by atoms with Crippen molar-refractivity contribution in [1.29, 1.82) is 0 Å². The fourth-order valence-electron chi connectivity index (χ4n) is 1.87. The van der Waals surface area contributed by atoms with E-state index < -0.39 is 0 Å². The van der Waals surface area contributed by atoms with Gasteiger partial charge in [-0.3, -0.25) is 0 Å². The van der Waals surface area contributed by atoms with Crippen LogP contribution in [-0.2, 0) is 0 Å². The van der Waals surface area contributed by atoms with Gasteiger partial charge in [-0.25, -0.2) is 0 Å². The van der Waals surface area contributed by atoms with Crippen molar-refractivity contribution in [2.24, 2.45) is 5.92 Å². The fourth-order valence-corrected chi connectivity index (χ4v) is 1.87. The first-order chi connectivity index (χ1) is 5.75. The van der Waals surface area contributed by atoms with Gasteiger partial charge in [0.15, 0.2) is 0 Å². The van der Waals surface area contributed by atoms with E-state index in [2.05, 4.69) is 37.8 Å². The number of rotatable bonds is 0. The highest BCUT2D eigenvalue weighted by Crippen LogP contribution is 2.33. The summed E-state index contributed by atoms with van der Waals surface area (Å²) in [6.45, 7) is 6.17. The van der Waals surface area contributed by atoms with Crippen LogP contribution in [0.5, 0.6) is 0 Å². The molecule has 0 radical (unpaired) electrons. The maximum atomic E-state index is 3.98. The first-order valence-electron chi connectivity index (χ1n) is 4.48. The average Bonchev–Trinajstić information content (AvgIpc) is 2.05. The highest BCUT2D eigenvalue weighted by Gasteiger charge is 2.18. The molecule has 2 rings (SSSR count). The predicted molar refractivity (Wildman–Crippen MR) is 52.8 cm³/mol. The quantitative estimate of drug-likeness (QED) is 0.507. The summed E-state index contributed by atoms with van der Waals surface area (Å²) in [7, 11) is 0. The molecular weight excluding hydrogens is 144 g/mol. The molecule has 1 unspecified atom stereocenters. The van der Waals surface area contributed by atoms with E-state index in [9.17, 15) is 0 Å². The van der Waals surface area contributed by atoms with Gasteiger partial charge in [-0.2, -0.15) is 0 Å². The highest BCUT2D eigenvalue weighted by atomic mass is 14.2. The van der Waals surface area contributed by atoms with Crippen molar-refractivity contribution in [3.05, 3.63) is 47.6 Å². The molecular formula is C12H14. The lowest BCUT2D eigenvalue weighted by molar-refractivity contribution is 0.697. The molecule has 0 aromatic carbocycles. The molecule has 2 aliphatic carbocycles. The van der Waals surface area contributed by atoms with Gasteiger partial charge in [0.25, 0.3) is 0 Å². The first kappa shape index (κ1) is 7.60. The van der Waals surface area contributed by atoms with Crippen LogP contribution in [0.4, 0.5) is 0 Å². The van der Waals surface area contributed by atoms with Crippen molar-refractivity contribution in [1.82, 2.24) is 0 Å². The normalized spacial score (nSPS) is 27.8. The van der Waals surface area contributed by atoms with Crippen molar-refractivity contribution in [2.75, 3.05) is 0 Å². The molecule has 0 N–H and O–H groups in total. The minimum Gasteiger partial charge on any atom is -0.0955 e. The largest absolute Gasteiger partial charge is 0.0955 e. The summed E-state index contributed by atoms with van der Waals surface area (Å²) in [5, 5.41) is 0. The third-order valence-corrected chi connectivity index (χ3v) is 2.60. The summed E-state index contributed by atoms with van der Waals surface area (Å²) < 4.78 is 0. The molecule has 0 amide bonds. The Morgan fingerprint density at radius 1 is 1.42 bits per heavy atom. The van der Waals surface area contributed by atoms with Gasteiger partial charge >= 0.3 is 0 Å². The number of fused-ring (bicyclic) bond motifs is 1. The van der Waals surface area contributed by atoms with Crippen LogP contribution >= 0.6 is 0 Å². The predicted octanol–water partition coefficient (Wildman–Crippen LogP) is 3.40. The Kier molecular flexibility index (Phi) is 1.76. The van der Waals surface area contributed by atoms with Crippen LogP contribution in [-0.4, -0.2) is 0 Å². The molecule has 0 fully saturated rings. The molecule has 0 saturated heterocycles. The van der Waals surface area contributed by atoms with Gasteiger partial charge in [-0.05, 0) is 19.8 Å². The fraction of sp³-hybridized carbons (Fsp3) is 0.333. The molecule has 0 aromatic rings. The summed E-state index contributed by atoms with van der Waals surface area (Å²) in [5.74, 6) is 0.667. The summed E-state index contributed by atoms with van der Waals surface area (Å²) in [6, 6.07) is 0. The smallest absolute Gasteiger partial charge is 0.00236 e. The maximum absolute atomic E-state index is 3.98. The molecule has 0 saturated carbocycles. The molecule has 12 heavy (non-hydrogen) atoms. The minimum absolute atomic E-state index is 0.667. The third kappa shape index (κ3) is 1.29. The lowest BCUT2D eigenvalue weighted by Crippen LogP contribution is -2.09. The second kappa shape index (κ2) is 2.78. The van der Waals surface area contributed by atoms with Crippen LogP contribution in [0.1, 0.15) is 19.8 Å². The lowest BCUT2D eigenvalue weighted by atomic mass is 9.81. The van der Waals surface area contributed by atoms with Gasteiger partial charge in [-0.1, -0.05) is 47.6 Å². The Balaban J connectivity index is 2.31. The van der Waals surface area contributed by atoms with Gasteiger partial charge in [-0.15, -0.1) is 0 Å². The van der Waals surface area contributed by atoms with Crippen LogP contribution in [0.3, 0.4) is 0 Å². The maximum Gasteiger partial charge on any atom is 0.00236 e. The first-order valence-corrected chi connectivity index (χ1v) is 4.48. The lowest BCUT2D eigenvalue weighted by Gasteiger charge is -2.24. The van der Waals surface area contributed by atoms with Gasteiger partial charge in [0, 0.05) is 5.92 Å². The van der Waals surface area contributed by atoms with Gasteiger partial charge < -0.3 is 0 Å². The number of allylic oxidation sites excluding steroid dienone is 7. The molecule has 0 bridgehead atoms. The Hall–Kier alpha value is -1.04. The standard InChI is InChI=1S/C12H14/c1-9-3-5-12-8-10(2)4-6-11(12)7-9/h3-6,12H,1,7-8H2,2H3. The Labute approximate surface area is 74.0 Å². The Bertz CT molecular complexity index is 300. The van der Waals surface area contributed by atoms with E-state index in [1.165, 1.54) is 23.1 Å². The topological polar surface area (TPSA) is 0 Å². The van der Waals surface area contributed by atoms with Crippen LogP contribution in [0.15, 0.2) is 47.6 Å². The molecule has 0 aromatic heterocycles. The third-order valence-electron chi connectivity index (χ3n) is 2.60. The van der Waals surface area contributed by atoms with Crippen molar-refractivity contribution in [3.63, 3.8) is 0 Å². The van der Waals surface area contributed by atoms with Crippen molar-refractivity contribution in [2.45, 2.75) is 19.8 Å². The minimum atomic E-state index is 0.667. The summed E-state index contributed by atoms with van der Waals surface area (Å²) >= 11 is 0. The number of hydrogen-bond donors (Lipinski definition) is 0. The van der Waals surface area contributed by atoms with Crippen molar-refractivity contribution in [3.8, 4) is 0 Å². The van der Waals surface area contributed by atoms with E-state index in [-0.39, 0.29) is 0 Å². The zero-order chi connectivity index (χ0) is 8.55. The molecule has 0 heteroatoms. The van der Waals surface area contributed by atoms with E-state index in [0.717, 1.165) is 6.42 Å². The number of hydrogen-bond acceptors (Lipinski definition) is 0. The molecule has 2 aliphatic rings. The van der Waals surface area contributed by atoms with Gasteiger partial charge in [0.2, 0.25) is 0 Å². The van der Waals surface area contributed by atoms with Crippen LogP contribution in [0.2, 0.25) is 0 Å². The van der Waals surface area contributed by atoms with Crippen LogP contribution in [0, 0.1) is 5.92 Å². The SMILES string of the molecule is C=C1C=CC2CC(C)=CC=C2C1. The Morgan fingerprint density at radius 2 is 2.25 bits per heavy atom. The van der Waals surface area contributed by atoms with Gasteiger partial charge in [0.05, 0.1) is 0 Å². The Morgan fingerprint density at radius 3 is 3.08 bits per heavy atom. The second-order valence-corrected chi connectivity index (χ2v) is 3.76. The van der Waals surface area contributed by atoms with E-state index in [4.69, 9.17) is 0 Å². The zero-order valence-electron chi connectivity index (χ0n) is 7.51. The van der Waals surface area contributed by atoms with Crippen molar-refractivity contribution < 1.29 is 0 Å². The van der Waals surface area contributed by atoms with Crippen LogP contribution in [0.25, 0.3) is 0 Å². The average molecular weight is 158 g/mol. The van der Waals surface area contributed by atoms with E-state index in [1.807, 2.05) is 0 Å². The molecule has 0 nitrogen and oxygen atoms in total. The zero-order valence-corrected chi connectivity index (χ0v) is 7.51. The van der Waals surface area contributed by atoms with E-state index in [0.29, 0.717) is 5.92 Å². The summed E-state index contributed by atoms with van der Waals surface area (Å²) in [4.78, 5) is 0. The molecule has 62 valence electrons. The molecule has 1 atom stereocenters. The summed E-state index contributed by atoms with van der Waals surface area (Å²) in [5.41, 5.74) is 4.26.